The van der Waals surface area contributed by atoms with Crippen molar-refractivity contribution in [2.24, 2.45) is 4.99 Å². The van der Waals surface area contributed by atoms with Crippen molar-refractivity contribution in [3.8, 4) is 6.07 Å². The molecule has 4 heteroatoms. The van der Waals surface area contributed by atoms with Gasteiger partial charge in [0.25, 0.3) is 5.66 Å². The van der Waals surface area contributed by atoms with Crippen molar-refractivity contribution < 1.29 is 4.74 Å². The predicted molar refractivity (Wildman–Crippen MR) is 36.8 cm³/mol. The minimum Gasteiger partial charge on any atom is -0.622 e. The second-order valence-corrected chi connectivity index (χ2v) is 2.56. The zero-order valence-electron chi connectivity index (χ0n) is 5.83. The van der Waals surface area contributed by atoms with Crippen molar-refractivity contribution in [2.45, 2.75) is 19.5 Å². The van der Waals surface area contributed by atoms with Gasteiger partial charge >= 0.3 is 0 Å². The van der Waals surface area contributed by atoms with E-state index in [1.165, 1.54) is 6.21 Å². The average molecular weight is 137 g/mol. The number of aliphatic imine (C=N–C) groups is 1. The van der Waals surface area contributed by atoms with Gasteiger partial charge in [0.15, 0.2) is 0 Å². The molecule has 0 fully saturated rings. The Balaban J connectivity index is 3.02. The van der Waals surface area contributed by atoms with E-state index in [-0.39, 0.29) is 5.71 Å². The van der Waals surface area contributed by atoms with Crippen LogP contribution in [-0.4, -0.2) is 22.3 Å². The Morgan fingerprint density at radius 1 is 1.80 bits per heavy atom. The first kappa shape index (κ1) is 6.75. The van der Waals surface area contributed by atoms with E-state index in [0.717, 1.165) is 0 Å². The summed E-state index contributed by atoms with van der Waals surface area (Å²) in [5.41, 5.74) is -0.592. The number of hydrogen-bond acceptors (Lipinski definition) is 3. The summed E-state index contributed by atoms with van der Waals surface area (Å²) < 4.78 is 0.672. The van der Waals surface area contributed by atoms with Gasteiger partial charge in [-0.25, -0.2) is 0 Å². The monoisotopic (exact) mass is 137 g/mol. The Hall–Kier alpha value is -1.37. The molecule has 1 aliphatic heterocycles. The molecule has 0 spiro atoms. The van der Waals surface area contributed by atoms with Crippen LogP contribution in [0, 0.1) is 16.5 Å². The maximum Gasteiger partial charge on any atom is 0.261 e. The predicted octanol–water partition coefficient (Wildman–Crippen LogP) is 0.282. The van der Waals surface area contributed by atoms with E-state index in [1.807, 2.05) is 0 Å². The molecule has 1 aliphatic rings. The maximum atomic E-state index is 10.9. The second-order valence-electron chi connectivity index (χ2n) is 2.56. The van der Waals surface area contributed by atoms with Crippen LogP contribution in [0.25, 0.3) is 0 Å². The first-order valence-corrected chi connectivity index (χ1v) is 2.87. The zero-order valence-corrected chi connectivity index (χ0v) is 5.83. The minimum atomic E-state index is -0.787. The molecule has 0 aliphatic carbocycles. The summed E-state index contributed by atoms with van der Waals surface area (Å²) in [7, 11) is 0. The summed E-state index contributed by atoms with van der Waals surface area (Å²) in [5, 5.41) is 19.2. The molecule has 0 atom stereocenters. The summed E-state index contributed by atoms with van der Waals surface area (Å²) in [6, 6.07) is 1.80. The molecule has 0 bridgehead atoms. The van der Waals surface area contributed by atoms with Gasteiger partial charge in [-0.1, -0.05) is 0 Å². The average Bonchev–Trinajstić information content (AvgIpc) is 2.08. The van der Waals surface area contributed by atoms with Crippen LogP contribution in [0.15, 0.2) is 4.99 Å². The SMILES string of the molecule is CC1(C)N=C(C#N)C=[N+]1[O-]. The molecule has 0 aromatic heterocycles. The first-order chi connectivity index (χ1) is 4.56. The first-order valence-electron chi connectivity index (χ1n) is 2.87. The van der Waals surface area contributed by atoms with Crippen molar-refractivity contribution in [3.63, 3.8) is 0 Å². The van der Waals surface area contributed by atoms with Crippen LogP contribution in [0.3, 0.4) is 0 Å². The lowest BCUT2D eigenvalue weighted by Gasteiger charge is -2.13. The number of rotatable bonds is 0. The van der Waals surface area contributed by atoms with Gasteiger partial charge < -0.3 is 5.21 Å². The fourth-order valence-electron chi connectivity index (χ4n) is 0.696. The van der Waals surface area contributed by atoms with Gasteiger partial charge in [-0.05, 0) is 0 Å². The number of hydrogen-bond donors (Lipinski definition) is 0. The van der Waals surface area contributed by atoms with Gasteiger partial charge in [-0.2, -0.15) is 15.0 Å². The third-order valence-corrected chi connectivity index (χ3v) is 1.29. The summed E-state index contributed by atoms with van der Waals surface area (Å²) >= 11 is 0. The lowest BCUT2D eigenvalue weighted by atomic mass is 10.3. The van der Waals surface area contributed by atoms with Gasteiger partial charge in [-0.3, -0.25) is 0 Å². The molecule has 0 aromatic carbocycles. The van der Waals surface area contributed by atoms with Crippen LogP contribution < -0.4 is 0 Å². The third kappa shape index (κ3) is 0.860. The summed E-state index contributed by atoms with van der Waals surface area (Å²) in [6.07, 6.45) is 1.19. The van der Waals surface area contributed by atoms with Gasteiger partial charge in [0.05, 0.1) is 0 Å². The summed E-state index contributed by atoms with van der Waals surface area (Å²) in [5.74, 6) is 0. The smallest absolute Gasteiger partial charge is 0.261 e. The molecule has 4 nitrogen and oxygen atoms in total. The van der Waals surface area contributed by atoms with Crippen LogP contribution in [0.4, 0.5) is 0 Å². The standard InChI is InChI=1S/C6H7N3O/c1-6(2)8-5(3-7)4-9(6)10/h4H,1-2H3. The summed E-state index contributed by atoms with van der Waals surface area (Å²) in [4.78, 5) is 3.83. The number of nitriles is 1. The zero-order chi connectivity index (χ0) is 7.78. The van der Waals surface area contributed by atoms with Crippen LogP contribution >= 0.6 is 0 Å². The van der Waals surface area contributed by atoms with E-state index in [0.29, 0.717) is 4.74 Å². The van der Waals surface area contributed by atoms with Crippen molar-refractivity contribution in [2.75, 3.05) is 0 Å². The Kier molecular flexibility index (Phi) is 1.22. The highest BCUT2D eigenvalue weighted by atomic mass is 16.5. The molecule has 0 radical (unpaired) electrons. The Morgan fingerprint density at radius 3 is 2.60 bits per heavy atom. The Bertz CT molecular complexity index is 257. The molecule has 10 heavy (non-hydrogen) atoms. The molecule has 1 rings (SSSR count). The van der Waals surface area contributed by atoms with Gasteiger partial charge in [-0.15, -0.1) is 0 Å². The Labute approximate surface area is 58.7 Å². The van der Waals surface area contributed by atoms with Gasteiger partial charge in [0.2, 0.25) is 11.9 Å². The van der Waals surface area contributed by atoms with E-state index in [4.69, 9.17) is 5.26 Å². The van der Waals surface area contributed by atoms with E-state index >= 15 is 0 Å². The van der Waals surface area contributed by atoms with E-state index in [9.17, 15) is 5.21 Å². The highest BCUT2D eigenvalue weighted by molar-refractivity contribution is 6.37. The largest absolute Gasteiger partial charge is 0.622 e. The quantitative estimate of drug-likeness (QED) is 0.355. The van der Waals surface area contributed by atoms with Gasteiger partial charge in [0.1, 0.15) is 6.07 Å². The molecule has 0 aromatic rings. The van der Waals surface area contributed by atoms with Crippen LogP contribution in [0.5, 0.6) is 0 Å². The molecule has 0 N–H and O–H groups in total. The number of nitrogens with zero attached hydrogens (tertiary/aromatic N) is 3. The van der Waals surface area contributed by atoms with E-state index in [1.54, 1.807) is 19.9 Å². The van der Waals surface area contributed by atoms with Gasteiger partial charge in [0, 0.05) is 13.8 Å². The molecule has 0 saturated carbocycles. The molecular weight excluding hydrogens is 130 g/mol. The fraction of sp³-hybridized carbons (Fsp3) is 0.500. The number of hydroxylamine groups is 1. The van der Waals surface area contributed by atoms with Crippen molar-refractivity contribution in [3.05, 3.63) is 5.21 Å². The molecule has 0 saturated heterocycles. The lowest BCUT2D eigenvalue weighted by Crippen LogP contribution is -2.26. The topological polar surface area (TPSA) is 62.2 Å². The highest BCUT2D eigenvalue weighted by Crippen LogP contribution is 2.13. The van der Waals surface area contributed by atoms with Crippen LogP contribution in [0.1, 0.15) is 13.8 Å². The van der Waals surface area contributed by atoms with Crippen LogP contribution in [0.2, 0.25) is 0 Å². The van der Waals surface area contributed by atoms with E-state index < -0.39 is 5.66 Å². The maximum absolute atomic E-state index is 10.9. The molecular formula is C6H7N3O. The van der Waals surface area contributed by atoms with Crippen molar-refractivity contribution in [1.82, 2.24) is 0 Å². The highest BCUT2D eigenvalue weighted by Gasteiger charge is 2.31. The van der Waals surface area contributed by atoms with Crippen molar-refractivity contribution >= 4 is 11.9 Å². The second kappa shape index (κ2) is 1.81. The molecule has 0 amide bonds. The third-order valence-electron chi connectivity index (χ3n) is 1.29. The van der Waals surface area contributed by atoms with Crippen molar-refractivity contribution in [1.29, 1.82) is 5.26 Å². The minimum absolute atomic E-state index is 0.194. The summed E-state index contributed by atoms with van der Waals surface area (Å²) in [6.45, 7) is 3.31. The molecule has 0 unspecified atom stereocenters. The molecule has 52 valence electrons. The van der Waals surface area contributed by atoms with Crippen LogP contribution in [-0.2, 0) is 0 Å². The lowest BCUT2D eigenvalue weighted by molar-refractivity contribution is -0.528. The fourth-order valence-corrected chi connectivity index (χ4v) is 0.696. The normalized spacial score (nSPS) is 21.3. The van der Waals surface area contributed by atoms with E-state index in [2.05, 4.69) is 4.99 Å². The Morgan fingerprint density at radius 2 is 2.40 bits per heavy atom. The molecule has 1 heterocycles.